The highest BCUT2D eigenvalue weighted by atomic mass is 35.5. The van der Waals surface area contributed by atoms with Crippen molar-refractivity contribution in [3.63, 3.8) is 0 Å². The number of hydrogen-bond acceptors (Lipinski definition) is 2. The lowest BCUT2D eigenvalue weighted by molar-refractivity contribution is -0.125. The van der Waals surface area contributed by atoms with Crippen molar-refractivity contribution in [2.24, 2.45) is 11.8 Å². The Bertz CT molecular complexity index is 811. The van der Waals surface area contributed by atoms with Crippen LogP contribution in [0.1, 0.15) is 12.0 Å². The summed E-state index contributed by atoms with van der Waals surface area (Å²) in [5, 5.41) is 6.30. The number of rotatable bonds is 5. The molecule has 2 N–H and O–H groups in total. The van der Waals surface area contributed by atoms with Crippen molar-refractivity contribution < 1.29 is 14.0 Å². The molecule has 4 nitrogen and oxygen atoms in total. The summed E-state index contributed by atoms with van der Waals surface area (Å²) in [6.45, 7) is 0.299. The van der Waals surface area contributed by atoms with Crippen LogP contribution in [0.4, 0.5) is 10.1 Å². The smallest absolute Gasteiger partial charge is 0.228 e. The molecule has 0 aromatic heterocycles. The van der Waals surface area contributed by atoms with Gasteiger partial charge < -0.3 is 10.6 Å². The van der Waals surface area contributed by atoms with Crippen molar-refractivity contribution in [3.8, 4) is 0 Å². The highest BCUT2D eigenvalue weighted by Gasteiger charge is 2.48. The van der Waals surface area contributed by atoms with Crippen molar-refractivity contribution in [2.45, 2.75) is 13.0 Å². The predicted molar refractivity (Wildman–Crippen MR) is 94.9 cm³/mol. The van der Waals surface area contributed by atoms with E-state index in [2.05, 4.69) is 10.6 Å². The predicted octanol–water partition coefficient (Wildman–Crippen LogP) is 4.02. The van der Waals surface area contributed by atoms with E-state index >= 15 is 0 Å². The molecule has 1 fully saturated rings. The minimum Gasteiger partial charge on any atom is -0.352 e. The van der Waals surface area contributed by atoms with Crippen LogP contribution in [0.5, 0.6) is 0 Å². The van der Waals surface area contributed by atoms with Gasteiger partial charge in [0.05, 0.1) is 22.5 Å². The molecule has 1 saturated carbocycles. The number of carbonyl (C=O) groups excluding carboxylic acids is 2. The van der Waals surface area contributed by atoms with E-state index < -0.39 is 0 Å². The van der Waals surface area contributed by atoms with E-state index in [4.69, 9.17) is 23.2 Å². The second kappa shape index (κ2) is 7.42. The van der Waals surface area contributed by atoms with Crippen LogP contribution in [-0.2, 0) is 16.1 Å². The van der Waals surface area contributed by atoms with Gasteiger partial charge in [0.2, 0.25) is 11.8 Å². The summed E-state index contributed by atoms with van der Waals surface area (Å²) in [6, 6.07) is 10.7. The van der Waals surface area contributed by atoms with E-state index in [1.165, 1.54) is 12.1 Å². The first kappa shape index (κ1) is 17.7. The maximum atomic E-state index is 12.8. The lowest BCUT2D eigenvalue weighted by Gasteiger charge is -2.08. The monoisotopic (exact) mass is 380 g/mol. The molecule has 0 bridgehead atoms. The molecule has 0 radical (unpaired) electrons. The summed E-state index contributed by atoms with van der Waals surface area (Å²) in [6.07, 6.45) is 0.492. The first-order valence-corrected chi connectivity index (χ1v) is 8.47. The Kier molecular flexibility index (Phi) is 5.25. The fourth-order valence-electron chi connectivity index (χ4n) is 2.51. The zero-order valence-corrected chi connectivity index (χ0v) is 14.6. The number of amides is 2. The fraction of sp³-hybridized carbons (Fsp3) is 0.222. The van der Waals surface area contributed by atoms with Crippen molar-refractivity contribution in [3.05, 3.63) is 63.9 Å². The normalized spacial score (nSPS) is 18.5. The summed E-state index contributed by atoms with van der Waals surface area (Å²) in [5.74, 6) is -1.49. The molecule has 2 atom stereocenters. The largest absolute Gasteiger partial charge is 0.352 e. The number of anilines is 1. The molecule has 130 valence electrons. The Hall–Kier alpha value is -2.11. The number of benzene rings is 2. The van der Waals surface area contributed by atoms with Gasteiger partial charge in [-0.25, -0.2) is 4.39 Å². The second-order valence-electron chi connectivity index (χ2n) is 5.91. The van der Waals surface area contributed by atoms with Crippen molar-refractivity contribution in [1.29, 1.82) is 0 Å². The Morgan fingerprint density at radius 3 is 2.40 bits per heavy atom. The molecule has 2 unspecified atom stereocenters. The van der Waals surface area contributed by atoms with Gasteiger partial charge in [0.15, 0.2) is 0 Å². The molecule has 2 aromatic rings. The van der Waals surface area contributed by atoms with E-state index in [1.54, 1.807) is 30.3 Å². The van der Waals surface area contributed by atoms with Gasteiger partial charge in [-0.05, 0) is 42.3 Å². The quantitative estimate of drug-likeness (QED) is 0.822. The van der Waals surface area contributed by atoms with Crippen LogP contribution in [0.3, 0.4) is 0 Å². The first-order chi connectivity index (χ1) is 11.9. The van der Waals surface area contributed by atoms with Crippen LogP contribution in [0.2, 0.25) is 10.0 Å². The van der Waals surface area contributed by atoms with Gasteiger partial charge in [0.1, 0.15) is 5.82 Å². The van der Waals surface area contributed by atoms with Crippen LogP contribution in [-0.4, -0.2) is 11.8 Å². The molecule has 0 spiro atoms. The van der Waals surface area contributed by atoms with Crippen LogP contribution in [0.25, 0.3) is 0 Å². The number of nitrogens with one attached hydrogen (secondary N) is 2. The van der Waals surface area contributed by atoms with Crippen LogP contribution in [0, 0.1) is 17.7 Å². The summed E-state index contributed by atoms with van der Waals surface area (Å²) in [5.41, 5.74) is 1.26. The van der Waals surface area contributed by atoms with E-state index in [0.717, 1.165) is 5.56 Å². The number of halogens is 3. The van der Waals surface area contributed by atoms with Gasteiger partial charge in [0, 0.05) is 11.6 Å². The third kappa shape index (κ3) is 4.50. The third-order valence-electron chi connectivity index (χ3n) is 4.03. The molecule has 7 heteroatoms. The van der Waals surface area contributed by atoms with Crippen LogP contribution in [0.15, 0.2) is 42.5 Å². The third-order valence-corrected chi connectivity index (χ3v) is 4.58. The van der Waals surface area contributed by atoms with Crippen LogP contribution < -0.4 is 10.6 Å². The maximum absolute atomic E-state index is 12.8. The van der Waals surface area contributed by atoms with E-state index in [0.29, 0.717) is 28.7 Å². The lowest BCUT2D eigenvalue weighted by atomic mass is 10.2. The Labute approximate surface area is 154 Å². The molecule has 2 aromatic carbocycles. The molecule has 0 saturated heterocycles. The zero-order valence-electron chi connectivity index (χ0n) is 13.1. The molecule has 2 amide bonds. The summed E-state index contributed by atoms with van der Waals surface area (Å²) in [7, 11) is 0. The van der Waals surface area contributed by atoms with E-state index in [-0.39, 0.29) is 29.5 Å². The molecular weight excluding hydrogens is 366 g/mol. The fourth-order valence-corrected chi connectivity index (χ4v) is 2.97. The molecule has 25 heavy (non-hydrogen) atoms. The van der Waals surface area contributed by atoms with Crippen molar-refractivity contribution in [2.75, 3.05) is 5.32 Å². The summed E-state index contributed by atoms with van der Waals surface area (Å²) >= 11 is 11.8. The molecule has 0 aliphatic heterocycles. The number of carbonyl (C=O) groups is 2. The van der Waals surface area contributed by atoms with Gasteiger partial charge in [-0.3, -0.25) is 9.59 Å². The maximum Gasteiger partial charge on any atom is 0.228 e. The average Bonchev–Trinajstić information content (AvgIpc) is 3.37. The van der Waals surface area contributed by atoms with Crippen molar-refractivity contribution >= 4 is 40.7 Å². The summed E-state index contributed by atoms with van der Waals surface area (Å²) in [4.78, 5) is 24.3. The highest BCUT2D eigenvalue weighted by molar-refractivity contribution is 6.36. The van der Waals surface area contributed by atoms with Gasteiger partial charge in [0.25, 0.3) is 0 Å². The van der Waals surface area contributed by atoms with E-state index in [9.17, 15) is 14.0 Å². The zero-order chi connectivity index (χ0) is 18.0. The minimum atomic E-state index is -0.375. The molecule has 3 rings (SSSR count). The van der Waals surface area contributed by atoms with Crippen LogP contribution >= 0.6 is 23.2 Å². The molecule has 1 aliphatic carbocycles. The average molecular weight is 381 g/mol. The topological polar surface area (TPSA) is 58.2 Å². The van der Waals surface area contributed by atoms with Gasteiger partial charge >= 0.3 is 0 Å². The second-order valence-corrected chi connectivity index (χ2v) is 6.75. The van der Waals surface area contributed by atoms with E-state index in [1.807, 2.05) is 0 Å². The molecule has 0 heterocycles. The summed E-state index contributed by atoms with van der Waals surface area (Å²) < 4.78 is 12.8. The number of hydrogen-bond donors (Lipinski definition) is 2. The van der Waals surface area contributed by atoms with Gasteiger partial charge in [-0.2, -0.15) is 0 Å². The van der Waals surface area contributed by atoms with Gasteiger partial charge in [-0.15, -0.1) is 0 Å². The molecule has 1 aliphatic rings. The Morgan fingerprint density at radius 2 is 1.72 bits per heavy atom. The Balaban J connectivity index is 1.50. The standard InChI is InChI=1S/C18H15Cl2FN2O2/c19-11-3-6-16(15(20)7-11)23-18(25)14-8-13(14)17(24)22-9-10-1-4-12(21)5-2-10/h1-7,13-14H,8-9H2,(H,22,24)(H,23,25). The highest BCUT2D eigenvalue weighted by Crippen LogP contribution is 2.40. The van der Waals surface area contributed by atoms with Gasteiger partial charge in [-0.1, -0.05) is 35.3 Å². The lowest BCUT2D eigenvalue weighted by Crippen LogP contribution is -2.27. The minimum absolute atomic E-state index is 0.188. The van der Waals surface area contributed by atoms with Crippen molar-refractivity contribution in [1.82, 2.24) is 5.32 Å². The molecular formula is C18H15Cl2FN2O2. The SMILES string of the molecule is O=C(NCc1ccc(F)cc1)C1CC1C(=O)Nc1ccc(Cl)cc1Cl. The first-order valence-electron chi connectivity index (χ1n) is 7.72. The Morgan fingerprint density at radius 1 is 1.04 bits per heavy atom.